The average molecular weight is 516 g/mol. The molecule has 2 saturated carbocycles. The van der Waals surface area contributed by atoms with Gasteiger partial charge in [0, 0.05) is 12.6 Å². The van der Waals surface area contributed by atoms with Gasteiger partial charge in [-0.05, 0) is 69.9 Å². The first-order chi connectivity index (χ1) is 17.1. The Kier molecular flexibility index (Phi) is 8.20. The molecule has 0 aromatic heterocycles. The van der Waals surface area contributed by atoms with E-state index in [-0.39, 0.29) is 12.2 Å². The third kappa shape index (κ3) is 6.17. The maximum Gasteiger partial charge on any atom is 0.472 e. The van der Waals surface area contributed by atoms with Crippen molar-refractivity contribution in [3.63, 3.8) is 0 Å². The molecule has 0 spiro atoms. The Morgan fingerprint density at radius 3 is 2.28 bits per heavy atom. The Labute approximate surface area is 214 Å². The number of nitrogens with zero attached hydrogens (tertiary/aromatic N) is 2. The van der Waals surface area contributed by atoms with Crippen LogP contribution in [0.25, 0.3) is 0 Å². The summed E-state index contributed by atoms with van der Waals surface area (Å²) in [6, 6.07) is 8.39. The summed E-state index contributed by atoms with van der Waals surface area (Å²) in [4.78, 5) is 19.2. The summed E-state index contributed by atoms with van der Waals surface area (Å²) in [5, 5.41) is 0. The summed E-state index contributed by atoms with van der Waals surface area (Å²) in [6.45, 7) is 7.66. The van der Waals surface area contributed by atoms with Crippen molar-refractivity contribution in [1.82, 2.24) is 0 Å². The zero-order chi connectivity index (χ0) is 25.9. The first-order valence-electron chi connectivity index (χ1n) is 12.8. The van der Waals surface area contributed by atoms with E-state index in [1.54, 1.807) is 13.1 Å². The molecule has 2 fully saturated rings. The van der Waals surface area contributed by atoms with Crippen LogP contribution in [0.3, 0.4) is 0 Å². The van der Waals surface area contributed by atoms with Gasteiger partial charge in [-0.3, -0.25) is 14.0 Å². The van der Waals surface area contributed by atoms with Crippen molar-refractivity contribution < 1.29 is 23.2 Å². The standard InChI is InChI=1S/C27H38N3O5P/c1-5-23(28)24-26(29-4)33-27(2,3)25(30-24)20-12-10-18(11-13-20)19-14-16-22(17-15-19)35-36(31,32)34-21-8-6-7-9-21/h5,10-13,19,21-22H,1,6-9,14-17,28H2,2-4H3,(H,31,32)/b24-23-,29-26+. The third-order valence-electron chi connectivity index (χ3n) is 7.24. The average Bonchev–Trinajstić information content (AvgIpc) is 3.35. The predicted molar refractivity (Wildman–Crippen MR) is 142 cm³/mol. The first kappa shape index (κ1) is 26.8. The Morgan fingerprint density at radius 2 is 1.72 bits per heavy atom. The molecule has 3 N–H and O–H groups in total. The summed E-state index contributed by atoms with van der Waals surface area (Å²) in [5.74, 6) is 0.772. The second-order valence-corrected chi connectivity index (χ2v) is 11.6. The van der Waals surface area contributed by atoms with Crippen LogP contribution in [-0.2, 0) is 18.3 Å². The number of rotatable bonds is 7. The number of allylic oxidation sites excluding steroid dienone is 1. The fourth-order valence-corrected chi connectivity index (χ4v) is 6.52. The Balaban J connectivity index is 1.41. The minimum absolute atomic E-state index is 0.152. The molecule has 4 rings (SSSR count). The predicted octanol–water partition coefficient (Wildman–Crippen LogP) is 5.77. The smallest absolute Gasteiger partial charge is 0.464 e. The van der Waals surface area contributed by atoms with Crippen LogP contribution in [0.15, 0.2) is 58.3 Å². The van der Waals surface area contributed by atoms with Crippen molar-refractivity contribution in [2.24, 2.45) is 15.7 Å². The second kappa shape index (κ2) is 11.0. The van der Waals surface area contributed by atoms with Gasteiger partial charge in [0.2, 0.25) is 5.90 Å². The van der Waals surface area contributed by atoms with Crippen molar-refractivity contribution in [1.29, 1.82) is 0 Å². The fourth-order valence-electron chi connectivity index (χ4n) is 5.29. The van der Waals surface area contributed by atoms with Gasteiger partial charge in [0.25, 0.3) is 0 Å². The summed E-state index contributed by atoms with van der Waals surface area (Å²) < 4.78 is 29.5. The molecule has 0 saturated heterocycles. The molecule has 8 nitrogen and oxygen atoms in total. The van der Waals surface area contributed by atoms with Crippen molar-refractivity contribution in [2.75, 3.05) is 7.05 Å². The molecule has 0 bridgehead atoms. The molecule has 36 heavy (non-hydrogen) atoms. The highest BCUT2D eigenvalue weighted by Crippen LogP contribution is 2.50. The lowest BCUT2D eigenvalue weighted by atomic mass is 9.82. The van der Waals surface area contributed by atoms with Crippen LogP contribution in [0.4, 0.5) is 0 Å². The highest BCUT2D eigenvalue weighted by atomic mass is 31.2. The van der Waals surface area contributed by atoms with E-state index >= 15 is 0 Å². The summed E-state index contributed by atoms with van der Waals surface area (Å²) >= 11 is 0. The van der Waals surface area contributed by atoms with Crippen LogP contribution in [0.5, 0.6) is 0 Å². The molecule has 9 heteroatoms. The Morgan fingerprint density at radius 1 is 1.14 bits per heavy atom. The Hall–Kier alpha value is -2.25. The lowest BCUT2D eigenvalue weighted by Crippen LogP contribution is -2.42. The van der Waals surface area contributed by atoms with E-state index in [1.807, 2.05) is 13.8 Å². The molecule has 1 heterocycles. The molecule has 3 aliphatic rings. The van der Waals surface area contributed by atoms with Crippen LogP contribution < -0.4 is 5.73 Å². The molecule has 1 atom stereocenters. The minimum atomic E-state index is -4.01. The van der Waals surface area contributed by atoms with Crippen molar-refractivity contribution in [3.8, 4) is 0 Å². The quantitative estimate of drug-likeness (QED) is 0.445. The molecule has 0 amide bonds. The van der Waals surface area contributed by atoms with Gasteiger partial charge in [-0.15, -0.1) is 0 Å². The number of phosphoric ester groups is 1. The molecular weight excluding hydrogens is 477 g/mol. The van der Waals surface area contributed by atoms with Crippen LogP contribution in [0, 0.1) is 0 Å². The van der Waals surface area contributed by atoms with E-state index in [2.05, 4.69) is 35.8 Å². The normalized spacial score (nSPS) is 28.8. The number of nitrogens with two attached hydrogens (primary N) is 1. The zero-order valence-electron chi connectivity index (χ0n) is 21.5. The van der Waals surface area contributed by atoms with Gasteiger partial charge in [0.1, 0.15) is 11.3 Å². The van der Waals surface area contributed by atoms with Crippen LogP contribution in [0.1, 0.15) is 82.3 Å². The van der Waals surface area contributed by atoms with Crippen molar-refractivity contribution >= 4 is 19.4 Å². The number of hydrogen-bond donors (Lipinski definition) is 2. The van der Waals surface area contributed by atoms with Crippen molar-refractivity contribution in [2.45, 2.75) is 88.9 Å². The van der Waals surface area contributed by atoms with E-state index in [0.29, 0.717) is 23.2 Å². The van der Waals surface area contributed by atoms with E-state index < -0.39 is 13.4 Å². The second-order valence-electron chi connectivity index (χ2n) is 10.3. The van der Waals surface area contributed by atoms with Gasteiger partial charge in [-0.2, -0.15) is 0 Å². The maximum atomic E-state index is 12.4. The number of phosphoric acid groups is 1. The summed E-state index contributed by atoms with van der Waals surface area (Å²) in [5.41, 5.74) is 9.30. The summed E-state index contributed by atoms with van der Waals surface area (Å²) in [6.07, 6.45) is 8.13. The molecule has 0 radical (unpaired) electrons. The van der Waals surface area contributed by atoms with Gasteiger partial charge in [-0.1, -0.05) is 43.7 Å². The monoisotopic (exact) mass is 515 g/mol. The minimum Gasteiger partial charge on any atom is -0.464 e. The SMILES string of the molecule is C=C/C(N)=C1/N=C(c2ccc(C3CCC(OP(=O)(O)OC4CCCC4)CC3)cc2)C(C)(C)O/C1=N/C. The first-order valence-corrected chi connectivity index (χ1v) is 14.3. The van der Waals surface area contributed by atoms with Crippen LogP contribution >= 0.6 is 7.82 Å². The lowest BCUT2D eigenvalue weighted by molar-refractivity contribution is 0.0582. The van der Waals surface area contributed by atoms with Gasteiger partial charge in [-0.25, -0.2) is 9.56 Å². The van der Waals surface area contributed by atoms with Gasteiger partial charge >= 0.3 is 7.82 Å². The van der Waals surface area contributed by atoms with Gasteiger partial charge < -0.3 is 15.4 Å². The van der Waals surface area contributed by atoms with E-state index in [0.717, 1.165) is 62.6 Å². The number of hydrogen-bond acceptors (Lipinski definition) is 7. The topological polar surface area (TPSA) is 116 Å². The number of benzene rings is 1. The Bertz CT molecular complexity index is 1090. The molecule has 2 aliphatic carbocycles. The van der Waals surface area contributed by atoms with Gasteiger partial charge in [0.05, 0.1) is 23.6 Å². The largest absolute Gasteiger partial charge is 0.472 e. The van der Waals surface area contributed by atoms with Crippen molar-refractivity contribution in [3.05, 3.63) is 59.4 Å². The highest BCUT2D eigenvalue weighted by Gasteiger charge is 2.37. The van der Waals surface area contributed by atoms with E-state index in [9.17, 15) is 9.46 Å². The van der Waals surface area contributed by atoms with E-state index in [4.69, 9.17) is 24.5 Å². The molecule has 1 aromatic carbocycles. The molecule has 1 aromatic rings. The highest BCUT2D eigenvalue weighted by molar-refractivity contribution is 7.47. The molecular formula is C27H38N3O5P. The zero-order valence-corrected chi connectivity index (χ0v) is 22.4. The number of aliphatic imine (C=N–C) groups is 2. The molecule has 1 unspecified atom stereocenters. The summed E-state index contributed by atoms with van der Waals surface area (Å²) in [7, 11) is -2.36. The number of ether oxygens (including phenoxy) is 1. The van der Waals surface area contributed by atoms with Crippen LogP contribution in [0.2, 0.25) is 0 Å². The van der Waals surface area contributed by atoms with Gasteiger partial charge in [0.15, 0.2) is 0 Å². The van der Waals surface area contributed by atoms with E-state index in [1.165, 1.54) is 5.56 Å². The maximum absolute atomic E-state index is 12.4. The molecule has 196 valence electrons. The lowest BCUT2D eigenvalue weighted by Gasteiger charge is -2.34. The fraction of sp³-hybridized carbons (Fsp3) is 0.556. The molecule has 1 aliphatic heterocycles. The third-order valence-corrected chi connectivity index (χ3v) is 8.37. The van der Waals surface area contributed by atoms with Crippen LogP contribution in [-0.4, -0.2) is 41.4 Å².